The third-order valence-electron chi connectivity index (χ3n) is 5.23. The van der Waals surface area contributed by atoms with Crippen molar-refractivity contribution in [2.75, 3.05) is 45.0 Å². The van der Waals surface area contributed by atoms with Gasteiger partial charge in [-0.15, -0.1) is 11.8 Å². The number of ketones is 1. The average molecular weight is 432 g/mol. The molecule has 160 valence electrons. The zero-order chi connectivity index (χ0) is 21.3. The maximum atomic E-state index is 12.9. The SMILES string of the molecule is O=C(CCCN1CCN(CCSc2ccc([N+](=O)[O-])cc2)CC1)c1ccc(F)cc1. The molecule has 30 heavy (non-hydrogen) atoms. The number of nitro benzene ring substituents is 1. The summed E-state index contributed by atoms with van der Waals surface area (Å²) in [5, 5.41) is 10.7. The molecule has 0 amide bonds. The van der Waals surface area contributed by atoms with Gasteiger partial charge in [0.2, 0.25) is 0 Å². The molecule has 1 aliphatic rings. The van der Waals surface area contributed by atoms with E-state index in [2.05, 4.69) is 9.80 Å². The number of piperazine rings is 1. The Morgan fingerprint density at radius 3 is 2.17 bits per heavy atom. The summed E-state index contributed by atoms with van der Waals surface area (Å²) >= 11 is 1.71. The molecular weight excluding hydrogens is 405 g/mol. The standard InChI is InChI=1S/C22H26FN3O3S/c23-19-5-3-18(4-6-19)22(27)2-1-11-24-12-14-25(15-13-24)16-17-30-21-9-7-20(8-10-21)26(28)29/h3-10H,1-2,11-17H2. The summed E-state index contributed by atoms with van der Waals surface area (Å²) in [6.45, 7) is 5.89. The van der Waals surface area contributed by atoms with E-state index in [0.29, 0.717) is 12.0 Å². The van der Waals surface area contributed by atoms with Crippen LogP contribution >= 0.6 is 11.8 Å². The third-order valence-corrected chi connectivity index (χ3v) is 6.23. The summed E-state index contributed by atoms with van der Waals surface area (Å²) in [6.07, 6.45) is 1.30. The number of hydrogen-bond acceptors (Lipinski definition) is 6. The highest BCUT2D eigenvalue weighted by atomic mass is 32.2. The molecule has 0 N–H and O–H groups in total. The van der Waals surface area contributed by atoms with Crippen LogP contribution in [0.25, 0.3) is 0 Å². The number of hydrogen-bond donors (Lipinski definition) is 0. The largest absolute Gasteiger partial charge is 0.301 e. The second-order valence-corrected chi connectivity index (χ2v) is 8.48. The summed E-state index contributed by atoms with van der Waals surface area (Å²) in [5.41, 5.74) is 0.696. The first kappa shape index (κ1) is 22.4. The average Bonchev–Trinajstić information content (AvgIpc) is 2.75. The third kappa shape index (κ3) is 6.90. The molecule has 3 rings (SSSR count). The molecule has 8 heteroatoms. The quantitative estimate of drug-likeness (QED) is 0.244. The van der Waals surface area contributed by atoms with Crippen molar-refractivity contribution in [2.45, 2.75) is 17.7 Å². The van der Waals surface area contributed by atoms with Gasteiger partial charge in [-0.05, 0) is 49.4 Å². The number of halogens is 1. The lowest BCUT2D eigenvalue weighted by Crippen LogP contribution is -2.47. The molecule has 1 fully saturated rings. The van der Waals surface area contributed by atoms with E-state index in [-0.39, 0.29) is 22.2 Å². The number of carbonyl (C=O) groups is 1. The lowest BCUT2D eigenvalue weighted by Gasteiger charge is -2.34. The topological polar surface area (TPSA) is 66.7 Å². The molecule has 0 aromatic heterocycles. The second kappa shape index (κ2) is 11.2. The highest BCUT2D eigenvalue weighted by Crippen LogP contribution is 2.21. The molecule has 0 radical (unpaired) electrons. The maximum Gasteiger partial charge on any atom is 0.269 e. The van der Waals surface area contributed by atoms with Crippen molar-refractivity contribution in [3.8, 4) is 0 Å². The van der Waals surface area contributed by atoms with Crippen LogP contribution in [0.4, 0.5) is 10.1 Å². The van der Waals surface area contributed by atoms with Gasteiger partial charge in [-0.3, -0.25) is 19.8 Å². The minimum absolute atomic E-state index is 0.0666. The highest BCUT2D eigenvalue weighted by molar-refractivity contribution is 7.99. The molecule has 0 spiro atoms. The highest BCUT2D eigenvalue weighted by Gasteiger charge is 2.17. The Hall–Kier alpha value is -2.29. The number of rotatable bonds is 10. The molecule has 0 aliphatic carbocycles. The van der Waals surface area contributed by atoms with Gasteiger partial charge in [0.25, 0.3) is 5.69 Å². The molecule has 1 saturated heterocycles. The van der Waals surface area contributed by atoms with Crippen LogP contribution in [0, 0.1) is 15.9 Å². The summed E-state index contributed by atoms with van der Waals surface area (Å²) in [6, 6.07) is 12.4. The van der Waals surface area contributed by atoms with Crippen LogP contribution in [0.2, 0.25) is 0 Å². The maximum absolute atomic E-state index is 12.9. The van der Waals surface area contributed by atoms with Crippen molar-refractivity contribution in [2.24, 2.45) is 0 Å². The van der Waals surface area contributed by atoms with Crippen LogP contribution in [-0.2, 0) is 0 Å². The van der Waals surface area contributed by atoms with Crippen LogP contribution in [0.3, 0.4) is 0 Å². The summed E-state index contributed by atoms with van der Waals surface area (Å²) in [7, 11) is 0. The first-order valence-electron chi connectivity index (χ1n) is 10.1. The molecule has 6 nitrogen and oxygen atoms in total. The lowest BCUT2D eigenvalue weighted by atomic mass is 10.1. The van der Waals surface area contributed by atoms with E-state index in [1.807, 2.05) is 0 Å². The van der Waals surface area contributed by atoms with Gasteiger partial charge in [0.15, 0.2) is 5.78 Å². The Balaban J connectivity index is 1.28. The van der Waals surface area contributed by atoms with E-state index >= 15 is 0 Å². The van der Waals surface area contributed by atoms with Crippen LogP contribution in [-0.4, -0.2) is 65.5 Å². The van der Waals surface area contributed by atoms with Gasteiger partial charge in [-0.1, -0.05) is 0 Å². The zero-order valence-electron chi connectivity index (χ0n) is 16.8. The van der Waals surface area contributed by atoms with Crippen molar-refractivity contribution in [3.05, 3.63) is 70.0 Å². The van der Waals surface area contributed by atoms with Gasteiger partial charge in [0.1, 0.15) is 5.82 Å². The molecular formula is C22H26FN3O3S. The van der Waals surface area contributed by atoms with E-state index in [4.69, 9.17) is 0 Å². The summed E-state index contributed by atoms with van der Waals surface area (Å²) in [4.78, 5) is 28.3. The van der Waals surface area contributed by atoms with Crippen molar-refractivity contribution in [1.82, 2.24) is 9.80 Å². The van der Waals surface area contributed by atoms with E-state index in [1.165, 1.54) is 12.1 Å². The molecule has 0 atom stereocenters. The monoisotopic (exact) mass is 431 g/mol. The van der Waals surface area contributed by atoms with Gasteiger partial charge < -0.3 is 4.90 Å². The zero-order valence-corrected chi connectivity index (χ0v) is 17.7. The van der Waals surface area contributed by atoms with Gasteiger partial charge in [-0.2, -0.15) is 0 Å². The molecule has 2 aromatic rings. The number of benzene rings is 2. The normalized spacial score (nSPS) is 15.2. The molecule has 0 unspecified atom stereocenters. The Morgan fingerprint density at radius 2 is 1.57 bits per heavy atom. The Labute approximate surface area is 180 Å². The lowest BCUT2D eigenvalue weighted by molar-refractivity contribution is -0.384. The Bertz CT molecular complexity index is 838. The first-order valence-corrected chi connectivity index (χ1v) is 11.1. The van der Waals surface area contributed by atoms with Gasteiger partial charge in [-0.25, -0.2) is 4.39 Å². The number of nitrogens with zero attached hydrogens (tertiary/aromatic N) is 3. The Morgan fingerprint density at radius 1 is 0.967 bits per heavy atom. The fourth-order valence-corrected chi connectivity index (χ4v) is 4.35. The molecule has 1 aliphatic heterocycles. The predicted octanol–water partition coefficient (Wildman–Crippen LogP) is 4.11. The van der Waals surface area contributed by atoms with Gasteiger partial charge in [0, 0.05) is 67.5 Å². The molecule has 0 bridgehead atoms. The molecule has 2 aromatic carbocycles. The number of nitro groups is 1. The predicted molar refractivity (Wildman–Crippen MR) is 117 cm³/mol. The minimum atomic E-state index is -0.382. The van der Waals surface area contributed by atoms with Crippen molar-refractivity contribution >= 4 is 23.2 Å². The number of non-ortho nitro benzene ring substituents is 1. The second-order valence-electron chi connectivity index (χ2n) is 7.32. The van der Waals surface area contributed by atoms with E-state index in [9.17, 15) is 19.3 Å². The van der Waals surface area contributed by atoms with Crippen molar-refractivity contribution < 1.29 is 14.1 Å². The molecule has 0 saturated carbocycles. The number of Topliss-reactive ketones (excluding diaryl/α,β-unsaturated/α-hetero) is 1. The molecule has 1 heterocycles. The van der Waals surface area contributed by atoms with E-state index in [1.54, 1.807) is 48.2 Å². The smallest absolute Gasteiger partial charge is 0.269 e. The van der Waals surface area contributed by atoms with Crippen LogP contribution in [0.5, 0.6) is 0 Å². The fraction of sp³-hybridized carbons (Fsp3) is 0.409. The van der Waals surface area contributed by atoms with Crippen LogP contribution in [0.15, 0.2) is 53.4 Å². The van der Waals surface area contributed by atoms with Crippen molar-refractivity contribution in [1.29, 1.82) is 0 Å². The number of thioether (sulfide) groups is 1. The first-order chi connectivity index (χ1) is 14.5. The minimum Gasteiger partial charge on any atom is -0.301 e. The van der Waals surface area contributed by atoms with Crippen LogP contribution < -0.4 is 0 Å². The van der Waals surface area contributed by atoms with Gasteiger partial charge >= 0.3 is 0 Å². The summed E-state index contributed by atoms with van der Waals surface area (Å²) in [5.74, 6) is 0.691. The number of carbonyl (C=O) groups excluding carboxylic acids is 1. The van der Waals surface area contributed by atoms with Gasteiger partial charge in [0.05, 0.1) is 4.92 Å². The van der Waals surface area contributed by atoms with E-state index < -0.39 is 0 Å². The fourth-order valence-electron chi connectivity index (χ4n) is 3.44. The van der Waals surface area contributed by atoms with Crippen LogP contribution in [0.1, 0.15) is 23.2 Å². The Kier molecular flexibility index (Phi) is 8.36. The van der Waals surface area contributed by atoms with E-state index in [0.717, 1.165) is 56.3 Å². The summed E-state index contributed by atoms with van der Waals surface area (Å²) < 4.78 is 12.9. The van der Waals surface area contributed by atoms with Crippen molar-refractivity contribution in [3.63, 3.8) is 0 Å².